The molecule has 1 aliphatic rings. The Morgan fingerprint density at radius 2 is 1.77 bits per heavy atom. The monoisotopic (exact) mass is 471 g/mol. The number of pyridine rings is 1. The van der Waals surface area contributed by atoms with Gasteiger partial charge in [0.25, 0.3) is 0 Å². The summed E-state index contributed by atoms with van der Waals surface area (Å²) in [7, 11) is 4.54. The quantitative estimate of drug-likeness (QED) is 0.554. The van der Waals surface area contributed by atoms with E-state index in [0.717, 1.165) is 5.56 Å². The van der Waals surface area contributed by atoms with Crippen molar-refractivity contribution in [3.05, 3.63) is 72.1 Å². The lowest BCUT2D eigenvalue weighted by molar-refractivity contribution is -0.122. The van der Waals surface area contributed by atoms with Crippen molar-refractivity contribution in [2.45, 2.75) is 6.42 Å². The predicted octanol–water partition coefficient (Wildman–Crippen LogP) is 3.50. The van der Waals surface area contributed by atoms with Crippen molar-refractivity contribution in [1.29, 1.82) is 0 Å². The molecule has 2 aromatic carbocycles. The summed E-state index contributed by atoms with van der Waals surface area (Å²) in [5.74, 6) is 6.46. The van der Waals surface area contributed by atoms with Crippen LogP contribution < -0.4 is 24.4 Å². The van der Waals surface area contributed by atoms with Crippen LogP contribution in [-0.2, 0) is 9.59 Å². The summed E-state index contributed by atoms with van der Waals surface area (Å²) in [5.41, 5.74) is 2.60. The van der Waals surface area contributed by atoms with Gasteiger partial charge in [-0.05, 0) is 36.3 Å². The Morgan fingerprint density at radius 1 is 1.00 bits per heavy atom. The van der Waals surface area contributed by atoms with Crippen LogP contribution in [0.4, 0.5) is 11.4 Å². The van der Waals surface area contributed by atoms with E-state index < -0.39 is 5.92 Å². The maximum absolute atomic E-state index is 13.0. The minimum atomic E-state index is -0.509. The molecule has 35 heavy (non-hydrogen) atoms. The lowest BCUT2D eigenvalue weighted by atomic mass is 10.1. The number of hydrogen-bond acceptors (Lipinski definition) is 6. The highest BCUT2D eigenvalue weighted by molar-refractivity contribution is 6.03. The molecule has 8 heteroatoms. The lowest BCUT2D eigenvalue weighted by Gasteiger charge is -2.20. The molecule has 178 valence electrons. The molecule has 1 aliphatic heterocycles. The first-order chi connectivity index (χ1) is 17.0. The van der Waals surface area contributed by atoms with Crippen LogP contribution in [0.25, 0.3) is 0 Å². The van der Waals surface area contributed by atoms with Crippen LogP contribution in [0.2, 0.25) is 0 Å². The van der Waals surface area contributed by atoms with Gasteiger partial charge in [-0.2, -0.15) is 0 Å². The van der Waals surface area contributed by atoms with Gasteiger partial charge >= 0.3 is 0 Å². The highest BCUT2D eigenvalue weighted by Crippen LogP contribution is 2.42. The molecular weight excluding hydrogens is 446 g/mol. The largest absolute Gasteiger partial charge is 0.493 e. The third-order valence-corrected chi connectivity index (χ3v) is 5.59. The molecule has 0 bridgehead atoms. The predicted molar refractivity (Wildman–Crippen MR) is 132 cm³/mol. The topological polar surface area (TPSA) is 90.0 Å². The molecular formula is C27H25N3O5. The number of aromatic nitrogens is 1. The van der Waals surface area contributed by atoms with Crippen molar-refractivity contribution in [2.75, 3.05) is 38.1 Å². The van der Waals surface area contributed by atoms with Crippen molar-refractivity contribution < 1.29 is 23.8 Å². The Kier molecular flexibility index (Phi) is 7.17. The molecule has 1 aromatic heterocycles. The molecule has 8 nitrogen and oxygen atoms in total. The van der Waals surface area contributed by atoms with E-state index >= 15 is 0 Å². The summed E-state index contributed by atoms with van der Waals surface area (Å²) in [5, 5.41) is 2.91. The van der Waals surface area contributed by atoms with Gasteiger partial charge in [0.1, 0.15) is 5.69 Å². The molecule has 2 amide bonds. The van der Waals surface area contributed by atoms with Crippen molar-refractivity contribution in [2.24, 2.45) is 5.92 Å². The lowest BCUT2D eigenvalue weighted by Crippen LogP contribution is -2.28. The maximum Gasteiger partial charge on any atom is 0.229 e. The molecule has 1 saturated heterocycles. The Morgan fingerprint density at radius 3 is 2.43 bits per heavy atom. The van der Waals surface area contributed by atoms with E-state index in [1.165, 1.54) is 21.3 Å². The molecule has 1 N–H and O–H groups in total. The van der Waals surface area contributed by atoms with Crippen molar-refractivity contribution in [3.8, 4) is 29.1 Å². The van der Waals surface area contributed by atoms with Gasteiger partial charge in [0.15, 0.2) is 11.5 Å². The zero-order valence-electron chi connectivity index (χ0n) is 19.7. The Balaban J connectivity index is 1.47. The van der Waals surface area contributed by atoms with E-state index in [0.29, 0.717) is 34.3 Å². The molecule has 2 heterocycles. The zero-order chi connectivity index (χ0) is 24.8. The second-order valence-electron chi connectivity index (χ2n) is 7.82. The zero-order valence-corrected chi connectivity index (χ0v) is 19.7. The first-order valence-electron chi connectivity index (χ1n) is 11.0. The fourth-order valence-corrected chi connectivity index (χ4v) is 3.85. The van der Waals surface area contributed by atoms with Crippen molar-refractivity contribution in [3.63, 3.8) is 0 Å². The third kappa shape index (κ3) is 5.36. The molecule has 0 radical (unpaired) electrons. The normalized spacial score (nSPS) is 14.7. The first kappa shape index (κ1) is 23.6. The SMILES string of the molecule is COc1cc(N2CC(C(=O)Nc3cccc(C#Cc4ccccn4)c3)CC2=O)cc(OC)c1OC. The Hall–Kier alpha value is -4.51. The first-order valence-corrected chi connectivity index (χ1v) is 11.0. The molecule has 4 rings (SSSR count). The number of ether oxygens (including phenoxy) is 3. The van der Waals surface area contributed by atoms with E-state index in [2.05, 4.69) is 22.1 Å². The van der Waals surface area contributed by atoms with Crippen LogP contribution in [-0.4, -0.2) is 44.7 Å². The minimum absolute atomic E-state index is 0.0989. The third-order valence-electron chi connectivity index (χ3n) is 5.59. The highest BCUT2D eigenvalue weighted by atomic mass is 16.5. The number of rotatable bonds is 6. The van der Waals surface area contributed by atoms with E-state index in [1.807, 2.05) is 30.3 Å². The van der Waals surface area contributed by atoms with Crippen molar-refractivity contribution >= 4 is 23.2 Å². The van der Waals surface area contributed by atoms with Crippen molar-refractivity contribution in [1.82, 2.24) is 4.98 Å². The number of carbonyl (C=O) groups excluding carboxylic acids is 2. The smallest absolute Gasteiger partial charge is 0.229 e. The number of methoxy groups -OCH3 is 3. The number of benzene rings is 2. The summed E-state index contributed by atoms with van der Waals surface area (Å²) >= 11 is 0. The molecule has 1 unspecified atom stereocenters. The molecule has 0 spiro atoms. The van der Waals surface area contributed by atoms with Gasteiger partial charge in [0.2, 0.25) is 17.6 Å². The van der Waals surface area contributed by atoms with Gasteiger partial charge in [-0.1, -0.05) is 18.1 Å². The summed E-state index contributed by atoms with van der Waals surface area (Å²) < 4.78 is 16.1. The van der Waals surface area contributed by atoms with Crippen LogP contribution in [0, 0.1) is 17.8 Å². The van der Waals surface area contributed by atoms with Crippen LogP contribution in [0.15, 0.2) is 60.8 Å². The van der Waals surface area contributed by atoms with Crippen LogP contribution in [0.5, 0.6) is 17.2 Å². The van der Waals surface area contributed by atoms with Gasteiger partial charge in [0, 0.05) is 42.5 Å². The fraction of sp³-hybridized carbons (Fsp3) is 0.222. The number of amides is 2. The standard InChI is InChI=1S/C27H25N3O5/c1-33-23-15-22(16-24(34-2)26(23)35-3)30-17-19(14-25(30)31)27(32)29-21-9-6-7-18(13-21)10-11-20-8-4-5-12-28-20/h4-9,12-13,15-16,19H,14,17H2,1-3H3,(H,29,32). The second-order valence-corrected chi connectivity index (χ2v) is 7.82. The van der Waals surface area contributed by atoms with Gasteiger partial charge in [-0.25, -0.2) is 4.98 Å². The van der Waals surface area contributed by atoms with E-state index in [-0.39, 0.29) is 24.8 Å². The molecule has 1 atom stereocenters. The second kappa shape index (κ2) is 10.6. The van der Waals surface area contributed by atoms with Crippen LogP contribution in [0.3, 0.4) is 0 Å². The van der Waals surface area contributed by atoms with E-state index in [9.17, 15) is 9.59 Å². The molecule has 1 fully saturated rings. The summed E-state index contributed by atoms with van der Waals surface area (Å²) in [6.45, 7) is 0.239. The summed E-state index contributed by atoms with van der Waals surface area (Å²) in [6.07, 6.45) is 1.78. The highest BCUT2D eigenvalue weighted by Gasteiger charge is 2.36. The van der Waals surface area contributed by atoms with Gasteiger partial charge in [0.05, 0.1) is 32.9 Å². The number of nitrogens with zero attached hydrogens (tertiary/aromatic N) is 2. The maximum atomic E-state index is 13.0. The fourth-order valence-electron chi connectivity index (χ4n) is 3.85. The van der Waals surface area contributed by atoms with Crippen LogP contribution >= 0.6 is 0 Å². The average Bonchev–Trinajstić information content (AvgIpc) is 3.29. The Bertz CT molecular complexity index is 1270. The Labute approximate surface area is 203 Å². The minimum Gasteiger partial charge on any atom is -0.493 e. The number of anilines is 2. The van der Waals surface area contributed by atoms with Gasteiger partial charge in [-0.15, -0.1) is 0 Å². The molecule has 0 aliphatic carbocycles. The number of hydrogen-bond donors (Lipinski definition) is 1. The summed E-state index contributed by atoms with van der Waals surface area (Å²) in [4.78, 5) is 31.5. The molecule has 0 saturated carbocycles. The summed E-state index contributed by atoms with van der Waals surface area (Å²) in [6, 6.07) is 16.2. The van der Waals surface area contributed by atoms with Gasteiger partial charge in [-0.3, -0.25) is 9.59 Å². The van der Waals surface area contributed by atoms with E-state index in [4.69, 9.17) is 14.2 Å². The van der Waals surface area contributed by atoms with E-state index in [1.54, 1.807) is 35.4 Å². The number of carbonyl (C=O) groups is 2. The molecule has 3 aromatic rings. The van der Waals surface area contributed by atoms with Gasteiger partial charge < -0.3 is 24.4 Å². The average molecular weight is 472 g/mol. The van der Waals surface area contributed by atoms with Crippen LogP contribution in [0.1, 0.15) is 17.7 Å². The number of nitrogens with one attached hydrogen (secondary N) is 1.